The van der Waals surface area contributed by atoms with Crippen LogP contribution < -0.4 is 21.7 Å². The van der Waals surface area contributed by atoms with Gasteiger partial charge < -0.3 is 31.2 Å². The average molecular weight is 530 g/mol. The Morgan fingerprint density at radius 2 is 2.08 bits per heavy atom. The maximum absolute atomic E-state index is 15.2. The van der Waals surface area contributed by atoms with E-state index in [0.29, 0.717) is 72.6 Å². The Hall–Kier alpha value is -2.93. The number of carbonyl (C=O) groups is 1. The third kappa shape index (κ3) is 5.11. The molecule has 3 aromatic heterocycles. The number of ether oxygens (including phenoxy) is 2. The van der Waals surface area contributed by atoms with E-state index in [1.807, 2.05) is 18.7 Å². The van der Waals surface area contributed by atoms with Crippen LogP contribution in [0.15, 0.2) is 6.07 Å². The number of methoxy groups -OCH3 is 1. The molecule has 5 N–H and O–H groups in total. The summed E-state index contributed by atoms with van der Waals surface area (Å²) in [6.07, 6.45) is 1.62. The molecule has 3 unspecified atom stereocenters. The molecule has 2 aliphatic rings. The summed E-state index contributed by atoms with van der Waals surface area (Å²) in [7, 11) is 1.61. The molecule has 1 amide bonds. The highest BCUT2D eigenvalue weighted by molar-refractivity contribution is 7.21. The lowest BCUT2D eigenvalue weighted by molar-refractivity contribution is 0.0212. The number of nitrogen functional groups attached to an aromatic ring is 1. The molecule has 3 aromatic rings. The summed E-state index contributed by atoms with van der Waals surface area (Å²) >= 11 is 1.27. The number of anilines is 2. The van der Waals surface area contributed by atoms with Crippen molar-refractivity contribution in [2.24, 2.45) is 5.73 Å². The Morgan fingerprint density at radius 3 is 2.86 bits per heavy atom. The van der Waals surface area contributed by atoms with E-state index >= 15 is 4.39 Å². The molecular formula is C25H32FN7O3S. The van der Waals surface area contributed by atoms with Gasteiger partial charge >= 0.3 is 0 Å². The van der Waals surface area contributed by atoms with Gasteiger partial charge in [-0.15, -0.1) is 11.3 Å². The van der Waals surface area contributed by atoms with Gasteiger partial charge in [-0.2, -0.15) is 0 Å². The number of aromatic nitrogens is 3. The second-order valence-corrected chi connectivity index (χ2v) is 10.7. The van der Waals surface area contributed by atoms with Gasteiger partial charge in [-0.25, -0.2) is 19.3 Å². The van der Waals surface area contributed by atoms with Crippen LogP contribution in [-0.2, 0) is 22.3 Å². The van der Waals surface area contributed by atoms with E-state index in [4.69, 9.17) is 20.9 Å². The van der Waals surface area contributed by atoms with Crippen LogP contribution in [0.4, 0.5) is 15.9 Å². The molecule has 0 saturated carbocycles. The van der Waals surface area contributed by atoms with Crippen molar-refractivity contribution in [1.82, 2.24) is 20.3 Å². The number of rotatable bonds is 7. The third-order valence-corrected chi connectivity index (χ3v) is 8.07. The highest BCUT2D eigenvalue weighted by Gasteiger charge is 2.34. The Labute approximate surface area is 218 Å². The number of hydrogen-bond donors (Lipinski definition) is 3. The van der Waals surface area contributed by atoms with Crippen LogP contribution in [0, 0.1) is 19.7 Å². The average Bonchev–Trinajstić information content (AvgIpc) is 3.38. The Kier molecular flexibility index (Phi) is 7.26. The molecule has 198 valence electrons. The molecule has 10 nitrogen and oxygen atoms in total. The van der Waals surface area contributed by atoms with Crippen molar-refractivity contribution in [1.29, 1.82) is 0 Å². The minimum atomic E-state index is -0.395. The van der Waals surface area contributed by atoms with Crippen molar-refractivity contribution in [2.45, 2.75) is 51.3 Å². The Morgan fingerprint density at radius 1 is 1.27 bits per heavy atom. The smallest absolute Gasteiger partial charge is 0.263 e. The number of carbonyl (C=O) groups excluding carboxylic acids is 1. The van der Waals surface area contributed by atoms with E-state index in [1.54, 1.807) is 7.11 Å². The fraction of sp³-hybridized carbons (Fsp3) is 0.520. The molecule has 1 aliphatic heterocycles. The molecule has 4 heterocycles. The van der Waals surface area contributed by atoms with Crippen LogP contribution in [0.5, 0.6) is 0 Å². The number of pyridine rings is 1. The number of thiophene rings is 1. The van der Waals surface area contributed by atoms with E-state index in [2.05, 4.69) is 20.3 Å². The first-order valence-electron chi connectivity index (χ1n) is 12.4. The fourth-order valence-electron chi connectivity index (χ4n) is 5.15. The van der Waals surface area contributed by atoms with E-state index in [0.717, 1.165) is 22.3 Å². The number of halogens is 1. The lowest BCUT2D eigenvalue weighted by atomic mass is 9.91. The summed E-state index contributed by atoms with van der Waals surface area (Å²) in [4.78, 5) is 29.5. The number of aryl methyl sites for hydroxylation is 3. The topological polar surface area (TPSA) is 142 Å². The first-order chi connectivity index (χ1) is 17.7. The SMILES string of the molecule is COCCOC1CN(c2nc3c(cc2F)CC(NC(=O)c2sc4nc(C)nc(C)c4c2N)CC3)CC1N. The molecule has 0 radical (unpaired) electrons. The number of amides is 1. The van der Waals surface area contributed by atoms with Crippen molar-refractivity contribution in [3.63, 3.8) is 0 Å². The molecular weight excluding hydrogens is 497 g/mol. The van der Waals surface area contributed by atoms with Gasteiger partial charge in [0.05, 0.1) is 42.1 Å². The number of fused-ring (bicyclic) bond motifs is 2. The monoisotopic (exact) mass is 529 g/mol. The van der Waals surface area contributed by atoms with E-state index < -0.39 is 5.82 Å². The lowest BCUT2D eigenvalue weighted by Gasteiger charge is -2.27. The Balaban J connectivity index is 1.27. The number of nitrogens with zero attached hydrogens (tertiary/aromatic N) is 4. The van der Waals surface area contributed by atoms with Crippen molar-refractivity contribution < 1.29 is 18.7 Å². The summed E-state index contributed by atoms with van der Waals surface area (Å²) in [5.74, 6) is 0.302. The van der Waals surface area contributed by atoms with Crippen LogP contribution in [0.2, 0.25) is 0 Å². The molecule has 1 fully saturated rings. The molecule has 1 aliphatic carbocycles. The summed E-state index contributed by atoms with van der Waals surface area (Å²) in [5.41, 5.74) is 15.3. The number of nitrogens with one attached hydrogen (secondary N) is 1. The standard InChI is InChI=1S/C25H32FN7O3S/c1-12-20-21(28)22(37-25(20)30-13(2)29-12)24(34)31-15-4-5-18-14(8-15)9-16(26)23(32-18)33-10-17(27)19(11-33)36-7-6-35-3/h9,15,17,19H,4-8,10-11,27-28H2,1-3H3,(H,31,34). The van der Waals surface area contributed by atoms with Gasteiger partial charge in [-0.05, 0) is 44.7 Å². The second kappa shape index (κ2) is 10.4. The summed E-state index contributed by atoms with van der Waals surface area (Å²) < 4.78 is 26.0. The second-order valence-electron chi connectivity index (χ2n) is 9.66. The quantitative estimate of drug-likeness (QED) is 0.391. The van der Waals surface area contributed by atoms with E-state index in [1.165, 1.54) is 17.4 Å². The highest BCUT2D eigenvalue weighted by atomic mass is 32.1. The molecule has 0 aromatic carbocycles. The van der Waals surface area contributed by atoms with E-state index in [9.17, 15) is 4.79 Å². The molecule has 37 heavy (non-hydrogen) atoms. The van der Waals surface area contributed by atoms with Gasteiger partial charge in [-0.3, -0.25) is 4.79 Å². The first kappa shape index (κ1) is 25.7. The fourth-order valence-corrected chi connectivity index (χ4v) is 6.25. The van der Waals surface area contributed by atoms with Crippen molar-refractivity contribution in [2.75, 3.05) is 44.0 Å². The molecule has 1 saturated heterocycles. The summed E-state index contributed by atoms with van der Waals surface area (Å²) in [6, 6.07) is 1.16. The number of hydrogen-bond acceptors (Lipinski definition) is 10. The van der Waals surface area contributed by atoms with E-state index in [-0.39, 0.29) is 24.1 Å². The molecule has 5 rings (SSSR count). The largest absolute Gasteiger partial charge is 0.397 e. The predicted molar refractivity (Wildman–Crippen MR) is 141 cm³/mol. The van der Waals surface area contributed by atoms with Crippen molar-refractivity contribution >= 4 is 39.0 Å². The normalized spacial score (nSPS) is 21.4. The van der Waals surface area contributed by atoms with Crippen LogP contribution in [-0.4, -0.2) is 72.5 Å². The zero-order chi connectivity index (χ0) is 26.3. The van der Waals surface area contributed by atoms with Crippen molar-refractivity contribution in [3.8, 4) is 0 Å². The van der Waals surface area contributed by atoms with Gasteiger partial charge in [-0.1, -0.05) is 0 Å². The van der Waals surface area contributed by atoms with Crippen molar-refractivity contribution in [3.05, 3.63) is 39.5 Å². The third-order valence-electron chi connectivity index (χ3n) is 6.97. The predicted octanol–water partition coefficient (Wildman–Crippen LogP) is 1.89. The number of nitrogens with two attached hydrogens (primary N) is 2. The molecule has 12 heteroatoms. The zero-order valence-corrected chi connectivity index (χ0v) is 22.0. The van der Waals surface area contributed by atoms with Crippen LogP contribution in [0.3, 0.4) is 0 Å². The zero-order valence-electron chi connectivity index (χ0n) is 21.2. The summed E-state index contributed by atoms with van der Waals surface area (Å²) in [6.45, 7) is 5.55. The van der Waals surface area contributed by atoms with Crippen LogP contribution >= 0.6 is 11.3 Å². The van der Waals surface area contributed by atoms with Crippen LogP contribution in [0.25, 0.3) is 10.2 Å². The molecule has 3 atom stereocenters. The van der Waals surface area contributed by atoms with Gasteiger partial charge in [0.2, 0.25) is 0 Å². The van der Waals surface area contributed by atoms with Crippen LogP contribution in [0.1, 0.15) is 38.9 Å². The molecule has 0 spiro atoms. The maximum atomic E-state index is 15.2. The Bertz CT molecular complexity index is 1330. The summed E-state index contributed by atoms with van der Waals surface area (Å²) in [5, 5.41) is 3.80. The first-order valence-corrected chi connectivity index (χ1v) is 13.2. The maximum Gasteiger partial charge on any atom is 0.263 e. The van der Waals surface area contributed by atoms with Gasteiger partial charge in [0.1, 0.15) is 15.5 Å². The lowest BCUT2D eigenvalue weighted by Crippen LogP contribution is -2.39. The van der Waals surface area contributed by atoms with Gasteiger partial charge in [0.25, 0.3) is 5.91 Å². The van der Waals surface area contributed by atoms with Gasteiger partial charge in [0, 0.05) is 31.9 Å². The van der Waals surface area contributed by atoms with Gasteiger partial charge in [0.15, 0.2) is 11.6 Å². The molecule has 0 bridgehead atoms. The minimum Gasteiger partial charge on any atom is -0.397 e. The minimum absolute atomic E-state index is 0.149. The highest BCUT2D eigenvalue weighted by Crippen LogP contribution is 2.34.